The molecular weight excluding hydrogens is 266 g/mol. The molecule has 1 aliphatic rings. The lowest BCUT2D eigenvalue weighted by Gasteiger charge is -2.16. The number of fused-ring (bicyclic) bond motifs is 1. The van der Waals surface area contributed by atoms with E-state index in [1.165, 1.54) is 16.0 Å². The zero-order valence-electron chi connectivity index (χ0n) is 11.8. The second-order valence-electron chi connectivity index (χ2n) is 5.06. The van der Waals surface area contributed by atoms with Crippen LogP contribution in [0.5, 0.6) is 5.75 Å². The van der Waals surface area contributed by atoms with E-state index >= 15 is 0 Å². The van der Waals surface area contributed by atoms with Gasteiger partial charge in [0.05, 0.1) is 6.61 Å². The first kappa shape index (κ1) is 13.4. The summed E-state index contributed by atoms with van der Waals surface area (Å²) in [4.78, 5) is 1.29. The second kappa shape index (κ2) is 5.80. The Morgan fingerprint density at radius 1 is 1.15 bits per heavy atom. The molecule has 1 unspecified atom stereocenters. The van der Waals surface area contributed by atoms with Crippen molar-refractivity contribution in [3.05, 3.63) is 53.6 Å². The summed E-state index contributed by atoms with van der Waals surface area (Å²) in [7, 11) is 0. The van der Waals surface area contributed by atoms with Gasteiger partial charge in [-0.15, -0.1) is 11.8 Å². The largest absolute Gasteiger partial charge is 0.493 e. The molecule has 1 atom stereocenters. The predicted octanol–water partition coefficient (Wildman–Crippen LogP) is 4.52. The Balaban J connectivity index is 1.73. The molecule has 104 valence electrons. The van der Waals surface area contributed by atoms with Crippen molar-refractivity contribution in [2.45, 2.75) is 24.3 Å². The fourth-order valence-corrected chi connectivity index (χ4v) is 2.90. The minimum Gasteiger partial charge on any atom is -0.493 e. The van der Waals surface area contributed by atoms with Gasteiger partial charge in [0.25, 0.3) is 0 Å². The predicted molar refractivity (Wildman–Crippen MR) is 85.9 cm³/mol. The summed E-state index contributed by atoms with van der Waals surface area (Å²) < 4.78 is 5.55. The highest BCUT2D eigenvalue weighted by Crippen LogP contribution is 2.29. The van der Waals surface area contributed by atoms with Crippen molar-refractivity contribution in [1.82, 2.24) is 0 Å². The Bertz CT molecular complexity index is 594. The second-order valence-corrected chi connectivity index (χ2v) is 5.94. The quantitative estimate of drug-likeness (QED) is 0.835. The van der Waals surface area contributed by atoms with E-state index in [9.17, 15) is 0 Å². The lowest BCUT2D eigenvalue weighted by atomic mass is 10.0. The van der Waals surface area contributed by atoms with Gasteiger partial charge in [-0.25, -0.2) is 0 Å². The van der Waals surface area contributed by atoms with Crippen LogP contribution in [0.4, 0.5) is 5.69 Å². The fourth-order valence-electron chi connectivity index (χ4n) is 2.50. The Morgan fingerprint density at radius 2 is 1.95 bits per heavy atom. The molecule has 0 aromatic heterocycles. The topological polar surface area (TPSA) is 21.3 Å². The number of rotatable bonds is 4. The van der Waals surface area contributed by atoms with Crippen LogP contribution in [0.25, 0.3) is 0 Å². The zero-order chi connectivity index (χ0) is 13.9. The van der Waals surface area contributed by atoms with Gasteiger partial charge in [-0.05, 0) is 60.7 Å². The molecule has 1 aliphatic heterocycles. The van der Waals surface area contributed by atoms with Crippen molar-refractivity contribution in [3.8, 4) is 5.75 Å². The van der Waals surface area contributed by atoms with E-state index in [-0.39, 0.29) is 0 Å². The maximum Gasteiger partial charge on any atom is 0.122 e. The SMILES string of the molecule is CSc1ccc(NC(C)c2ccc3c(c2)CCO3)cc1. The summed E-state index contributed by atoms with van der Waals surface area (Å²) in [5, 5.41) is 3.55. The van der Waals surface area contributed by atoms with Gasteiger partial charge < -0.3 is 10.1 Å². The summed E-state index contributed by atoms with van der Waals surface area (Å²) in [5.74, 6) is 1.05. The van der Waals surface area contributed by atoms with Gasteiger partial charge in [0.2, 0.25) is 0 Å². The minimum absolute atomic E-state index is 0.293. The van der Waals surface area contributed by atoms with E-state index in [0.717, 1.165) is 24.5 Å². The zero-order valence-corrected chi connectivity index (χ0v) is 12.7. The van der Waals surface area contributed by atoms with Crippen LogP contribution >= 0.6 is 11.8 Å². The summed E-state index contributed by atoms with van der Waals surface area (Å²) in [6.45, 7) is 3.01. The van der Waals surface area contributed by atoms with Crippen LogP contribution in [0.3, 0.4) is 0 Å². The van der Waals surface area contributed by atoms with Gasteiger partial charge >= 0.3 is 0 Å². The molecule has 0 radical (unpaired) electrons. The average molecular weight is 285 g/mol. The molecule has 3 heteroatoms. The van der Waals surface area contributed by atoms with E-state index in [1.54, 1.807) is 11.8 Å². The highest BCUT2D eigenvalue weighted by atomic mass is 32.2. The summed E-state index contributed by atoms with van der Waals surface area (Å²) in [6.07, 6.45) is 3.12. The molecule has 3 rings (SSSR count). The van der Waals surface area contributed by atoms with Gasteiger partial charge in [-0.3, -0.25) is 0 Å². The first-order chi connectivity index (χ1) is 9.76. The van der Waals surface area contributed by atoms with Crippen LogP contribution in [0.1, 0.15) is 24.1 Å². The van der Waals surface area contributed by atoms with Gasteiger partial charge in [0, 0.05) is 23.0 Å². The molecule has 2 aromatic rings. The van der Waals surface area contributed by atoms with E-state index < -0.39 is 0 Å². The molecule has 2 aromatic carbocycles. The van der Waals surface area contributed by atoms with Crippen molar-refractivity contribution < 1.29 is 4.74 Å². The van der Waals surface area contributed by atoms with Crippen molar-refractivity contribution in [2.75, 3.05) is 18.2 Å². The number of ether oxygens (including phenoxy) is 1. The van der Waals surface area contributed by atoms with Gasteiger partial charge in [0.1, 0.15) is 5.75 Å². The lowest BCUT2D eigenvalue weighted by molar-refractivity contribution is 0.357. The molecule has 20 heavy (non-hydrogen) atoms. The third kappa shape index (κ3) is 2.78. The Morgan fingerprint density at radius 3 is 2.70 bits per heavy atom. The number of hydrogen-bond acceptors (Lipinski definition) is 3. The lowest BCUT2D eigenvalue weighted by Crippen LogP contribution is -2.06. The number of benzene rings is 2. The summed E-state index contributed by atoms with van der Waals surface area (Å²) >= 11 is 1.76. The molecule has 0 fully saturated rings. The third-order valence-corrected chi connectivity index (χ3v) is 4.43. The molecular formula is C17H19NOS. The Hall–Kier alpha value is -1.61. The standard InChI is InChI=1S/C17H19NOS/c1-12(18-15-4-6-16(20-2)7-5-15)13-3-8-17-14(11-13)9-10-19-17/h3-8,11-12,18H,9-10H2,1-2H3. The molecule has 0 saturated carbocycles. The number of hydrogen-bond donors (Lipinski definition) is 1. The summed E-state index contributed by atoms with van der Waals surface area (Å²) in [5.41, 5.74) is 3.80. The summed E-state index contributed by atoms with van der Waals surface area (Å²) in [6, 6.07) is 15.4. The van der Waals surface area contributed by atoms with Crippen LogP contribution in [-0.2, 0) is 6.42 Å². The molecule has 0 amide bonds. The molecule has 0 spiro atoms. The van der Waals surface area contributed by atoms with Crippen molar-refractivity contribution in [3.63, 3.8) is 0 Å². The van der Waals surface area contributed by atoms with E-state index in [2.05, 4.69) is 61.0 Å². The van der Waals surface area contributed by atoms with E-state index in [4.69, 9.17) is 4.74 Å². The Kier molecular flexibility index (Phi) is 3.88. The molecule has 1 N–H and O–H groups in total. The Labute approximate surface area is 124 Å². The monoisotopic (exact) mass is 285 g/mol. The molecule has 0 bridgehead atoms. The van der Waals surface area contributed by atoms with Crippen molar-refractivity contribution >= 4 is 17.4 Å². The highest BCUT2D eigenvalue weighted by Gasteiger charge is 2.14. The smallest absolute Gasteiger partial charge is 0.122 e. The maximum atomic E-state index is 5.55. The normalized spacial score (nSPS) is 14.5. The van der Waals surface area contributed by atoms with Crippen LogP contribution in [-0.4, -0.2) is 12.9 Å². The first-order valence-corrected chi connectivity index (χ1v) is 8.15. The third-order valence-electron chi connectivity index (χ3n) is 3.69. The number of thioether (sulfide) groups is 1. The molecule has 0 saturated heterocycles. The van der Waals surface area contributed by atoms with Gasteiger partial charge in [-0.1, -0.05) is 6.07 Å². The van der Waals surface area contributed by atoms with Crippen LogP contribution in [0.2, 0.25) is 0 Å². The average Bonchev–Trinajstić information content (AvgIpc) is 2.95. The van der Waals surface area contributed by atoms with Crippen LogP contribution < -0.4 is 10.1 Å². The van der Waals surface area contributed by atoms with Crippen LogP contribution in [0.15, 0.2) is 47.4 Å². The minimum atomic E-state index is 0.293. The number of nitrogens with one attached hydrogen (secondary N) is 1. The molecule has 0 aliphatic carbocycles. The van der Waals surface area contributed by atoms with Crippen molar-refractivity contribution in [1.29, 1.82) is 0 Å². The first-order valence-electron chi connectivity index (χ1n) is 6.92. The van der Waals surface area contributed by atoms with E-state index in [0.29, 0.717) is 6.04 Å². The maximum absolute atomic E-state index is 5.55. The fraction of sp³-hybridized carbons (Fsp3) is 0.294. The molecule has 1 heterocycles. The highest BCUT2D eigenvalue weighted by molar-refractivity contribution is 7.98. The molecule has 2 nitrogen and oxygen atoms in total. The van der Waals surface area contributed by atoms with Gasteiger partial charge in [-0.2, -0.15) is 0 Å². The van der Waals surface area contributed by atoms with E-state index in [1.807, 2.05) is 0 Å². The van der Waals surface area contributed by atoms with Crippen LogP contribution in [0, 0.1) is 0 Å². The number of anilines is 1. The van der Waals surface area contributed by atoms with Gasteiger partial charge in [0.15, 0.2) is 0 Å². The van der Waals surface area contributed by atoms with Crippen molar-refractivity contribution in [2.24, 2.45) is 0 Å².